The monoisotopic (exact) mass is 474 g/mol. The lowest BCUT2D eigenvalue weighted by atomic mass is 9.94. The molecule has 4 rings (SSSR count). The summed E-state index contributed by atoms with van der Waals surface area (Å²) in [7, 11) is 0. The van der Waals surface area contributed by atoms with E-state index in [1.807, 2.05) is 25.1 Å². The van der Waals surface area contributed by atoms with Crippen molar-refractivity contribution in [1.82, 2.24) is 0 Å². The summed E-state index contributed by atoms with van der Waals surface area (Å²) in [5, 5.41) is 14.4. The van der Waals surface area contributed by atoms with Crippen LogP contribution >= 0.6 is 0 Å². The standard InChI is InChI=1S/C29H33NO5/c1-4-33-10-11-34-25-12-19(2)29(20(3)13-25)22-7-5-6-21(14-22)17-30-24-8-9-26-23(15-28(31)32)18-35-27(26)16-24/h5-9,12-14,16,23,30H,4,10-11,15,17-18H2,1-3H3,(H,31,32)/p-1. The number of fused-ring (bicyclic) bond motifs is 1. The molecule has 1 atom stereocenters. The Balaban J connectivity index is 1.43. The molecule has 1 aliphatic rings. The second-order valence-corrected chi connectivity index (χ2v) is 8.87. The van der Waals surface area contributed by atoms with E-state index in [1.165, 1.54) is 22.3 Å². The van der Waals surface area contributed by atoms with Crippen LogP contribution in [0.25, 0.3) is 11.1 Å². The van der Waals surface area contributed by atoms with Crippen LogP contribution in [0.15, 0.2) is 54.6 Å². The third-order valence-electron chi connectivity index (χ3n) is 6.23. The molecule has 6 heteroatoms. The Labute approximate surface area is 206 Å². The first-order valence-electron chi connectivity index (χ1n) is 12.1. The largest absolute Gasteiger partial charge is 0.550 e. The SMILES string of the molecule is CCOCCOc1cc(C)c(-c2cccc(CNc3ccc4c(c3)OCC4CC(=O)[O-])c2)c(C)c1. The summed E-state index contributed by atoms with van der Waals surface area (Å²) < 4.78 is 16.9. The Morgan fingerprint density at radius 1 is 1.09 bits per heavy atom. The molecule has 35 heavy (non-hydrogen) atoms. The molecule has 0 amide bonds. The number of carboxylic acids is 1. The first-order valence-corrected chi connectivity index (χ1v) is 12.1. The van der Waals surface area contributed by atoms with Crippen molar-refractivity contribution in [2.75, 3.05) is 31.7 Å². The number of nitrogens with one attached hydrogen (secondary N) is 1. The van der Waals surface area contributed by atoms with E-state index in [0.717, 1.165) is 28.3 Å². The number of carbonyl (C=O) groups is 1. The number of rotatable bonds is 11. The highest BCUT2D eigenvalue weighted by molar-refractivity contribution is 5.72. The topological polar surface area (TPSA) is 79.8 Å². The molecule has 1 unspecified atom stereocenters. The van der Waals surface area contributed by atoms with Crippen LogP contribution in [-0.4, -0.2) is 32.4 Å². The molecule has 0 saturated heterocycles. The molecule has 1 heterocycles. The van der Waals surface area contributed by atoms with Crippen LogP contribution in [0.1, 0.15) is 41.5 Å². The summed E-state index contributed by atoms with van der Waals surface area (Å²) in [6.07, 6.45) is -0.0220. The summed E-state index contributed by atoms with van der Waals surface area (Å²) in [5.74, 6) is 0.406. The predicted molar refractivity (Wildman–Crippen MR) is 135 cm³/mol. The van der Waals surface area contributed by atoms with Crippen molar-refractivity contribution < 1.29 is 24.1 Å². The third-order valence-corrected chi connectivity index (χ3v) is 6.23. The van der Waals surface area contributed by atoms with Crippen molar-refractivity contribution in [2.45, 2.75) is 39.7 Å². The van der Waals surface area contributed by atoms with Crippen LogP contribution < -0.4 is 19.9 Å². The van der Waals surface area contributed by atoms with Crippen molar-refractivity contribution in [2.24, 2.45) is 0 Å². The molecule has 0 saturated carbocycles. The quantitative estimate of drug-likeness (QED) is 0.409. The summed E-state index contributed by atoms with van der Waals surface area (Å²) in [6, 6.07) is 18.5. The molecule has 0 bridgehead atoms. The number of benzene rings is 3. The minimum absolute atomic E-state index is 0.0220. The number of carboxylic acid groups (broad SMARTS) is 1. The van der Waals surface area contributed by atoms with Gasteiger partial charge in [0.15, 0.2) is 0 Å². The normalized spacial score (nSPS) is 14.3. The van der Waals surface area contributed by atoms with E-state index in [1.54, 1.807) is 0 Å². The lowest BCUT2D eigenvalue weighted by Gasteiger charge is -2.15. The molecular weight excluding hydrogens is 442 g/mol. The minimum Gasteiger partial charge on any atom is -0.550 e. The van der Waals surface area contributed by atoms with Gasteiger partial charge in [-0.3, -0.25) is 0 Å². The Bertz CT molecular complexity index is 1170. The van der Waals surface area contributed by atoms with Crippen LogP contribution in [0.3, 0.4) is 0 Å². The third kappa shape index (κ3) is 6.14. The maximum Gasteiger partial charge on any atom is 0.124 e. The number of aliphatic carboxylic acids is 1. The Kier molecular flexibility index (Phi) is 7.93. The van der Waals surface area contributed by atoms with E-state index in [-0.39, 0.29) is 12.3 Å². The minimum atomic E-state index is -1.05. The van der Waals surface area contributed by atoms with Gasteiger partial charge in [-0.15, -0.1) is 0 Å². The van der Waals surface area contributed by atoms with Gasteiger partial charge in [-0.05, 0) is 79.3 Å². The van der Waals surface area contributed by atoms with Crippen molar-refractivity contribution >= 4 is 11.7 Å². The van der Waals surface area contributed by atoms with E-state index in [4.69, 9.17) is 14.2 Å². The molecule has 0 radical (unpaired) electrons. The van der Waals surface area contributed by atoms with E-state index < -0.39 is 5.97 Å². The van der Waals surface area contributed by atoms with Gasteiger partial charge in [-0.1, -0.05) is 24.3 Å². The number of ether oxygens (including phenoxy) is 3. The zero-order chi connectivity index (χ0) is 24.8. The van der Waals surface area contributed by atoms with Gasteiger partial charge in [0.25, 0.3) is 0 Å². The zero-order valence-corrected chi connectivity index (χ0v) is 20.6. The Morgan fingerprint density at radius 3 is 2.63 bits per heavy atom. The van der Waals surface area contributed by atoms with Crippen LogP contribution in [-0.2, 0) is 16.1 Å². The maximum atomic E-state index is 11.0. The van der Waals surface area contributed by atoms with Crippen molar-refractivity contribution in [3.05, 3.63) is 76.9 Å². The van der Waals surface area contributed by atoms with Crippen LogP contribution in [0.4, 0.5) is 5.69 Å². The fourth-order valence-electron chi connectivity index (χ4n) is 4.62. The number of aryl methyl sites for hydroxylation is 2. The van der Waals surface area contributed by atoms with Gasteiger partial charge >= 0.3 is 0 Å². The van der Waals surface area contributed by atoms with Crippen molar-refractivity contribution in [3.8, 4) is 22.6 Å². The summed E-state index contributed by atoms with van der Waals surface area (Å²) in [6.45, 7) is 9.05. The molecule has 0 aliphatic carbocycles. The van der Waals surface area contributed by atoms with Gasteiger partial charge < -0.3 is 29.4 Å². The molecule has 1 aliphatic heterocycles. The van der Waals surface area contributed by atoms with Gasteiger partial charge in [-0.25, -0.2) is 0 Å². The molecule has 3 aromatic rings. The highest BCUT2D eigenvalue weighted by atomic mass is 16.5. The number of hydrogen-bond acceptors (Lipinski definition) is 6. The van der Waals surface area contributed by atoms with E-state index in [0.29, 0.717) is 33.0 Å². The van der Waals surface area contributed by atoms with E-state index in [2.05, 4.69) is 55.6 Å². The number of anilines is 1. The van der Waals surface area contributed by atoms with Crippen LogP contribution in [0, 0.1) is 13.8 Å². The molecule has 0 aromatic heterocycles. The molecule has 184 valence electrons. The molecular formula is C29H32NO5-. The van der Waals surface area contributed by atoms with Gasteiger partial charge in [0.1, 0.15) is 18.1 Å². The van der Waals surface area contributed by atoms with Gasteiger partial charge in [0.2, 0.25) is 0 Å². The second kappa shape index (κ2) is 11.3. The predicted octanol–water partition coefficient (Wildman–Crippen LogP) is 4.61. The average Bonchev–Trinajstić information content (AvgIpc) is 3.22. The smallest absolute Gasteiger partial charge is 0.124 e. The molecule has 1 N–H and O–H groups in total. The fourth-order valence-corrected chi connectivity index (χ4v) is 4.62. The Hall–Kier alpha value is -3.51. The number of hydrogen-bond donors (Lipinski definition) is 1. The molecule has 6 nitrogen and oxygen atoms in total. The fraction of sp³-hybridized carbons (Fsp3) is 0.345. The van der Waals surface area contributed by atoms with Crippen LogP contribution in [0.2, 0.25) is 0 Å². The highest BCUT2D eigenvalue weighted by Gasteiger charge is 2.24. The average molecular weight is 475 g/mol. The summed E-state index contributed by atoms with van der Waals surface area (Å²) >= 11 is 0. The van der Waals surface area contributed by atoms with Gasteiger partial charge in [0.05, 0.1) is 13.2 Å². The first-order chi connectivity index (χ1) is 16.9. The summed E-state index contributed by atoms with van der Waals surface area (Å²) in [5.41, 5.74) is 7.75. The van der Waals surface area contributed by atoms with Crippen molar-refractivity contribution in [3.63, 3.8) is 0 Å². The highest BCUT2D eigenvalue weighted by Crippen LogP contribution is 2.37. The van der Waals surface area contributed by atoms with Crippen LogP contribution in [0.5, 0.6) is 11.5 Å². The second-order valence-electron chi connectivity index (χ2n) is 8.87. The zero-order valence-electron chi connectivity index (χ0n) is 20.6. The molecule has 0 spiro atoms. The van der Waals surface area contributed by atoms with E-state index >= 15 is 0 Å². The maximum absolute atomic E-state index is 11.0. The lowest BCUT2D eigenvalue weighted by Crippen LogP contribution is -2.24. The number of carbonyl (C=O) groups excluding carboxylic acids is 1. The summed E-state index contributed by atoms with van der Waals surface area (Å²) in [4.78, 5) is 11.0. The van der Waals surface area contributed by atoms with Gasteiger partial charge in [-0.2, -0.15) is 0 Å². The Morgan fingerprint density at radius 2 is 1.89 bits per heavy atom. The first kappa shape index (κ1) is 24.6. The molecule has 0 fully saturated rings. The van der Waals surface area contributed by atoms with Gasteiger partial charge in [0, 0.05) is 42.4 Å². The van der Waals surface area contributed by atoms with Crippen molar-refractivity contribution in [1.29, 1.82) is 0 Å². The lowest BCUT2D eigenvalue weighted by molar-refractivity contribution is -0.306. The van der Waals surface area contributed by atoms with E-state index in [9.17, 15) is 9.90 Å². The molecule has 3 aromatic carbocycles.